The first-order chi connectivity index (χ1) is 11.2. The third kappa shape index (κ3) is 4.80. The minimum atomic E-state index is -2.39. The second-order valence-electron chi connectivity index (χ2n) is 6.54. The second kappa shape index (κ2) is 6.85. The van der Waals surface area contributed by atoms with Gasteiger partial charge in [0.1, 0.15) is 11.1 Å². The number of amides is 1. The lowest BCUT2D eigenvalue weighted by atomic mass is 10.1. The van der Waals surface area contributed by atoms with Gasteiger partial charge in [0, 0.05) is 0 Å². The van der Waals surface area contributed by atoms with Crippen LogP contribution in [0.25, 0.3) is 0 Å². The average Bonchev–Trinajstić information content (AvgIpc) is 2.44. The number of rotatable bonds is 3. The molecular weight excluding hydrogens is 353 g/mol. The maximum absolute atomic E-state index is 13.5. The topological polar surface area (TPSA) is 64.6 Å². The molecule has 1 amide bonds. The molecule has 0 aliphatic carbocycles. The van der Waals surface area contributed by atoms with Crippen LogP contribution in [-0.2, 0) is 9.53 Å². The smallest absolute Gasteiger partial charge is 0.408 e. The minimum absolute atomic E-state index is 0.897. The van der Waals surface area contributed by atoms with Gasteiger partial charge >= 0.3 is 12.1 Å². The van der Waals surface area contributed by atoms with Crippen molar-refractivity contribution in [3.63, 3.8) is 0 Å². The zero-order valence-corrected chi connectivity index (χ0v) is 14.0. The Labute approximate surface area is 140 Å². The van der Waals surface area contributed by atoms with Crippen LogP contribution in [-0.4, -0.2) is 23.2 Å². The fraction of sp³-hybridized carbons (Fsp3) is 0.467. The highest BCUT2D eigenvalue weighted by atomic mass is 19.2. The molecule has 0 aliphatic heterocycles. The lowest BCUT2D eigenvalue weighted by molar-refractivity contribution is -0.141. The molecule has 0 bridgehead atoms. The Bertz CT molecular complexity index is 684. The first-order valence-electron chi connectivity index (χ1n) is 6.92. The Morgan fingerprint density at radius 1 is 0.800 bits per heavy atom. The van der Waals surface area contributed by atoms with Crippen LogP contribution in [0.2, 0.25) is 0 Å². The molecule has 1 rings (SSSR count). The normalized spacial score (nSPS) is 11.9. The molecule has 140 valence electrons. The van der Waals surface area contributed by atoms with Crippen LogP contribution in [0.5, 0.6) is 5.75 Å². The molecule has 0 saturated carbocycles. The Hall–Kier alpha value is -2.39. The van der Waals surface area contributed by atoms with Crippen LogP contribution < -0.4 is 10.1 Å². The molecule has 0 unspecified atom stereocenters. The van der Waals surface area contributed by atoms with Gasteiger partial charge < -0.3 is 14.8 Å². The Morgan fingerprint density at radius 2 is 1.20 bits per heavy atom. The van der Waals surface area contributed by atoms with Crippen molar-refractivity contribution < 1.29 is 41.0 Å². The Balaban J connectivity index is 3.04. The molecule has 0 fully saturated rings. The predicted molar refractivity (Wildman–Crippen MR) is 75.3 cm³/mol. The zero-order chi connectivity index (χ0) is 19.7. The van der Waals surface area contributed by atoms with Gasteiger partial charge in [-0.05, 0) is 34.6 Å². The molecule has 0 heterocycles. The van der Waals surface area contributed by atoms with Crippen molar-refractivity contribution in [1.82, 2.24) is 5.32 Å². The molecule has 0 radical (unpaired) electrons. The van der Waals surface area contributed by atoms with Gasteiger partial charge in [-0.1, -0.05) is 0 Å². The largest absolute Gasteiger partial charge is 0.444 e. The number of nitrogens with one attached hydrogen (secondary N) is 1. The monoisotopic (exact) mass is 369 g/mol. The standard InChI is InChI=1S/C15H16F5NO4/c1-14(2,3)25-13(23)21-15(4,5)12(22)24-11-9(19)7(17)6(16)8(18)10(11)20/h1-5H3,(H,21,23). The summed E-state index contributed by atoms with van der Waals surface area (Å²) in [6, 6.07) is 0. The van der Waals surface area contributed by atoms with Crippen molar-refractivity contribution in [3.8, 4) is 5.75 Å². The number of carbonyl (C=O) groups excluding carboxylic acids is 2. The summed E-state index contributed by atoms with van der Waals surface area (Å²) < 4.78 is 75.4. The number of esters is 1. The fourth-order valence-electron chi connectivity index (χ4n) is 1.50. The van der Waals surface area contributed by atoms with E-state index in [0.29, 0.717) is 0 Å². The maximum Gasteiger partial charge on any atom is 0.408 e. The highest BCUT2D eigenvalue weighted by molar-refractivity contribution is 5.86. The summed E-state index contributed by atoms with van der Waals surface area (Å²) in [6.45, 7) is 6.82. The molecule has 0 aromatic heterocycles. The molecule has 1 N–H and O–H groups in total. The third-order valence-corrected chi connectivity index (χ3v) is 2.69. The molecule has 0 aliphatic rings. The molecule has 0 spiro atoms. The van der Waals surface area contributed by atoms with E-state index in [1.54, 1.807) is 20.8 Å². The molecule has 1 aromatic rings. The molecule has 0 saturated heterocycles. The average molecular weight is 369 g/mol. The number of hydrogen-bond donors (Lipinski definition) is 1. The van der Waals surface area contributed by atoms with E-state index in [1.165, 1.54) is 0 Å². The number of alkyl carbamates (subject to hydrolysis) is 1. The van der Waals surface area contributed by atoms with Crippen molar-refractivity contribution in [2.24, 2.45) is 0 Å². The lowest BCUT2D eigenvalue weighted by Crippen LogP contribution is -2.53. The van der Waals surface area contributed by atoms with Crippen molar-refractivity contribution in [3.05, 3.63) is 29.1 Å². The maximum atomic E-state index is 13.5. The molecule has 5 nitrogen and oxygen atoms in total. The van der Waals surface area contributed by atoms with Crippen LogP contribution >= 0.6 is 0 Å². The Kier molecular flexibility index (Phi) is 5.66. The Morgan fingerprint density at radius 3 is 1.60 bits per heavy atom. The third-order valence-electron chi connectivity index (χ3n) is 2.69. The van der Waals surface area contributed by atoms with E-state index in [-0.39, 0.29) is 0 Å². The highest BCUT2D eigenvalue weighted by Crippen LogP contribution is 2.30. The summed E-state index contributed by atoms with van der Waals surface area (Å²) in [6.07, 6.45) is -1.05. The van der Waals surface area contributed by atoms with Gasteiger partial charge in [-0.2, -0.15) is 8.78 Å². The van der Waals surface area contributed by atoms with Gasteiger partial charge in [0.05, 0.1) is 0 Å². The summed E-state index contributed by atoms with van der Waals surface area (Å²) in [4.78, 5) is 23.6. The van der Waals surface area contributed by atoms with Crippen molar-refractivity contribution in [1.29, 1.82) is 0 Å². The van der Waals surface area contributed by atoms with Gasteiger partial charge in [0.25, 0.3) is 0 Å². The van der Waals surface area contributed by atoms with Crippen molar-refractivity contribution in [2.45, 2.75) is 45.8 Å². The van der Waals surface area contributed by atoms with Crippen molar-refractivity contribution >= 4 is 12.1 Å². The van der Waals surface area contributed by atoms with Crippen LogP contribution in [0.15, 0.2) is 0 Å². The van der Waals surface area contributed by atoms with E-state index >= 15 is 0 Å². The van der Waals surface area contributed by atoms with Gasteiger partial charge in [0.2, 0.25) is 34.8 Å². The second-order valence-corrected chi connectivity index (χ2v) is 6.54. The SMILES string of the molecule is CC(C)(C)OC(=O)NC(C)(C)C(=O)Oc1c(F)c(F)c(F)c(F)c1F. The first-order valence-corrected chi connectivity index (χ1v) is 6.92. The van der Waals surface area contributed by atoms with Crippen LogP contribution in [0, 0.1) is 29.1 Å². The summed E-state index contributed by atoms with van der Waals surface area (Å²) in [7, 11) is 0. The van der Waals surface area contributed by atoms with Gasteiger partial charge in [-0.15, -0.1) is 0 Å². The van der Waals surface area contributed by atoms with Crippen LogP contribution in [0.1, 0.15) is 34.6 Å². The summed E-state index contributed by atoms with van der Waals surface area (Å²) in [5, 5.41) is 2.07. The van der Waals surface area contributed by atoms with E-state index in [4.69, 9.17) is 4.74 Å². The molecular formula is C15H16F5NO4. The highest BCUT2D eigenvalue weighted by Gasteiger charge is 2.36. The van der Waals surface area contributed by atoms with Gasteiger partial charge in [0.15, 0.2) is 0 Å². The minimum Gasteiger partial charge on any atom is -0.444 e. The summed E-state index contributed by atoms with van der Waals surface area (Å²) in [5.74, 6) is -14.8. The number of benzene rings is 1. The van der Waals surface area contributed by atoms with E-state index in [2.05, 4.69) is 10.1 Å². The van der Waals surface area contributed by atoms with Gasteiger partial charge in [-0.25, -0.2) is 22.8 Å². The van der Waals surface area contributed by atoms with E-state index in [9.17, 15) is 31.5 Å². The van der Waals surface area contributed by atoms with Gasteiger partial charge in [-0.3, -0.25) is 0 Å². The molecule has 25 heavy (non-hydrogen) atoms. The first kappa shape index (κ1) is 20.7. The summed E-state index contributed by atoms with van der Waals surface area (Å²) in [5.41, 5.74) is -2.78. The van der Waals surface area contributed by atoms with E-state index < -0.39 is 58.0 Å². The quantitative estimate of drug-likeness (QED) is 0.291. The number of hydrogen-bond acceptors (Lipinski definition) is 4. The molecule has 0 atom stereocenters. The molecule has 10 heteroatoms. The number of ether oxygens (including phenoxy) is 2. The fourth-order valence-corrected chi connectivity index (χ4v) is 1.50. The molecule has 1 aromatic carbocycles. The van der Waals surface area contributed by atoms with E-state index in [1.807, 2.05) is 0 Å². The predicted octanol–water partition coefficient (Wildman–Crippen LogP) is 3.59. The van der Waals surface area contributed by atoms with Crippen LogP contribution in [0.4, 0.5) is 26.7 Å². The lowest BCUT2D eigenvalue weighted by Gasteiger charge is -2.27. The van der Waals surface area contributed by atoms with E-state index in [0.717, 1.165) is 13.8 Å². The van der Waals surface area contributed by atoms with Crippen molar-refractivity contribution in [2.75, 3.05) is 0 Å². The van der Waals surface area contributed by atoms with Crippen LogP contribution in [0.3, 0.4) is 0 Å². The number of halogens is 5. The zero-order valence-electron chi connectivity index (χ0n) is 14.0. The summed E-state index contributed by atoms with van der Waals surface area (Å²) >= 11 is 0. The number of carbonyl (C=O) groups is 2.